The van der Waals surface area contributed by atoms with Crippen molar-refractivity contribution >= 4 is 35.0 Å². The first-order valence-corrected chi connectivity index (χ1v) is 7.53. The summed E-state index contributed by atoms with van der Waals surface area (Å²) < 4.78 is 5.06. The van der Waals surface area contributed by atoms with Crippen LogP contribution >= 0.6 is 23.4 Å². The smallest absolute Gasteiger partial charge is 0.255 e. The first kappa shape index (κ1) is 14.8. The van der Waals surface area contributed by atoms with Crippen molar-refractivity contribution in [3.05, 3.63) is 53.1 Å². The van der Waals surface area contributed by atoms with Crippen LogP contribution in [0.25, 0.3) is 0 Å². The Labute approximate surface area is 127 Å². The summed E-state index contributed by atoms with van der Waals surface area (Å²) in [7, 11) is 1.54. The maximum atomic E-state index is 12.1. The van der Waals surface area contributed by atoms with Gasteiger partial charge in [0.25, 0.3) is 5.91 Å². The van der Waals surface area contributed by atoms with E-state index < -0.39 is 0 Å². The average Bonchev–Trinajstić information content (AvgIpc) is 2.47. The molecule has 2 aromatic rings. The number of rotatable bonds is 4. The molecule has 0 aliphatic rings. The van der Waals surface area contributed by atoms with E-state index in [1.807, 2.05) is 30.5 Å². The van der Waals surface area contributed by atoms with Gasteiger partial charge >= 0.3 is 0 Å². The van der Waals surface area contributed by atoms with Crippen LogP contribution in [0.15, 0.2) is 47.4 Å². The minimum Gasteiger partial charge on any atom is -0.495 e. The Morgan fingerprint density at radius 1 is 1.25 bits per heavy atom. The van der Waals surface area contributed by atoms with Crippen LogP contribution in [0.3, 0.4) is 0 Å². The molecule has 0 atom stereocenters. The molecule has 0 aromatic heterocycles. The topological polar surface area (TPSA) is 38.3 Å². The van der Waals surface area contributed by atoms with E-state index in [4.69, 9.17) is 16.3 Å². The van der Waals surface area contributed by atoms with Gasteiger partial charge in [0.15, 0.2) is 0 Å². The summed E-state index contributed by atoms with van der Waals surface area (Å²) >= 11 is 7.64. The molecule has 3 nitrogen and oxygen atoms in total. The number of carbonyl (C=O) groups is 1. The van der Waals surface area contributed by atoms with Crippen LogP contribution in [0.1, 0.15) is 10.4 Å². The highest BCUT2D eigenvalue weighted by Gasteiger charge is 2.09. The monoisotopic (exact) mass is 307 g/mol. The van der Waals surface area contributed by atoms with E-state index in [-0.39, 0.29) is 5.91 Å². The third-order valence-electron chi connectivity index (χ3n) is 2.74. The molecule has 0 heterocycles. The predicted octanol–water partition coefficient (Wildman–Crippen LogP) is 4.32. The highest BCUT2D eigenvalue weighted by atomic mass is 35.5. The Bertz CT molecular complexity index is 631. The SMILES string of the molecule is COc1ccc(C(=O)Nc2cccc(SC)c2)cc1Cl. The molecule has 104 valence electrons. The molecular weight excluding hydrogens is 294 g/mol. The molecule has 0 saturated heterocycles. The first-order chi connectivity index (χ1) is 9.63. The van der Waals surface area contributed by atoms with E-state index >= 15 is 0 Å². The third kappa shape index (κ3) is 3.46. The fourth-order valence-corrected chi connectivity index (χ4v) is 2.43. The summed E-state index contributed by atoms with van der Waals surface area (Å²) in [6.07, 6.45) is 1.99. The average molecular weight is 308 g/mol. The summed E-state index contributed by atoms with van der Waals surface area (Å²) in [4.78, 5) is 13.2. The molecule has 20 heavy (non-hydrogen) atoms. The van der Waals surface area contributed by atoms with Gasteiger partial charge in [-0.2, -0.15) is 0 Å². The van der Waals surface area contributed by atoms with Crippen LogP contribution in [-0.2, 0) is 0 Å². The molecule has 0 saturated carbocycles. The summed E-state index contributed by atoms with van der Waals surface area (Å²) in [5.74, 6) is 0.348. The highest BCUT2D eigenvalue weighted by molar-refractivity contribution is 7.98. The lowest BCUT2D eigenvalue weighted by Crippen LogP contribution is -2.11. The number of amides is 1. The largest absolute Gasteiger partial charge is 0.495 e. The minimum atomic E-state index is -0.201. The van der Waals surface area contributed by atoms with E-state index in [2.05, 4.69) is 5.32 Å². The van der Waals surface area contributed by atoms with Gasteiger partial charge in [-0.1, -0.05) is 17.7 Å². The lowest BCUT2D eigenvalue weighted by molar-refractivity contribution is 0.102. The fourth-order valence-electron chi connectivity index (χ4n) is 1.71. The van der Waals surface area contributed by atoms with Gasteiger partial charge in [0.2, 0.25) is 0 Å². The molecule has 1 N–H and O–H groups in total. The first-order valence-electron chi connectivity index (χ1n) is 5.93. The number of ether oxygens (including phenoxy) is 1. The van der Waals surface area contributed by atoms with Gasteiger partial charge in [0.05, 0.1) is 12.1 Å². The van der Waals surface area contributed by atoms with E-state index in [1.54, 1.807) is 30.0 Å². The maximum absolute atomic E-state index is 12.1. The van der Waals surface area contributed by atoms with Crippen LogP contribution in [0.2, 0.25) is 5.02 Å². The molecule has 0 spiro atoms. The van der Waals surface area contributed by atoms with E-state index in [1.165, 1.54) is 7.11 Å². The van der Waals surface area contributed by atoms with E-state index in [9.17, 15) is 4.79 Å². The van der Waals surface area contributed by atoms with Crippen molar-refractivity contribution < 1.29 is 9.53 Å². The molecule has 2 aromatic carbocycles. The summed E-state index contributed by atoms with van der Waals surface area (Å²) in [6, 6.07) is 12.6. The quantitative estimate of drug-likeness (QED) is 0.855. The molecule has 0 unspecified atom stereocenters. The summed E-state index contributed by atoms with van der Waals surface area (Å²) in [5.41, 5.74) is 1.25. The Balaban J connectivity index is 2.17. The number of anilines is 1. The van der Waals surface area contributed by atoms with Crippen molar-refractivity contribution in [2.75, 3.05) is 18.7 Å². The van der Waals surface area contributed by atoms with Crippen molar-refractivity contribution in [2.45, 2.75) is 4.90 Å². The van der Waals surface area contributed by atoms with Crippen LogP contribution < -0.4 is 10.1 Å². The second kappa shape index (κ2) is 6.68. The number of hydrogen-bond acceptors (Lipinski definition) is 3. The van der Waals surface area contributed by atoms with Gasteiger partial charge in [0, 0.05) is 16.1 Å². The molecule has 2 rings (SSSR count). The lowest BCUT2D eigenvalue weighted by Gasteiger charge is -2.08. The third-order valence-corrected chi connectivity index (χ3v) is 3.76. The standard InChI is InChI=1S/C15H14ClNO2S/c1-19-14-7-6-10(8-13(14)16)15(18)17-11-4-3-5-12(9-11)20-2/h3-9H,1-2H3,(H,17,18). The molecule has 0 aliphatic heterocycles. The zero-order valence-electron chi connectivity index (χ0n) is 11.1. The van der Waals surface area contributed by atoms with Crippen molar-refractivity contribution in [3.63, 3.8) is 0 Å². The highest BCUT2D eigenvalue weighted by Crippen LogP contribution is 2.25. The molecule has 0 radical (unpaired) electrons. The van der Waals surface area contributed by atoms with Crippen LogP contribution in [0, 0.1) is 0 Å². The minimum absolute atomic E-state index is 0.201. The van der Waals surface area contributed by atoms with Crippen LogP contribution in [0.4, 0.5) is 5.69 Å². The van der Waals surface area contributed by atoms with Crippen molar-refractivity contribution in [3.8, 4) is 5.75 Å². The summed E-state index contributed by atoms with van der Waals surface area (Å²) in [6.45, 7) is 0. The van der Waals surface area contributed by atoms with Gasteiger partial charge < -0.3 is 10.1 Å². The Morgan fingerprint density at radius 3 is 2.70 bits per heavy atom. The lowest BCUT2D eigenvalue weighted by atomic mass is 10.2. The van der Waals surface area contributed by atoms with Gasteiger partial charge in [0.1, 0.15) is 5.75 Å². The van der Waals surface area contributed by atoms with Gasteiger partial charge in [-0.15, -0.1) is 11.8 Å². The summed E-state index contributed by atoms with van der Waals surface area (Å²) in [5, 5.41) is 3.26. The number of thioether (sulfide) groups is 1. The number of nitrogens with one attached hydrogen (secondary N) is 1. The normalized spacial score (nSPS) is 10.2. The van der Waals surface area contributed by atoms with Gasteiger partial charge in [-0.25, -0.2) is 0 Å². The number of hydrogen-bond donors (Lipinski definition) is 1. The Morgan fingerprint density at radius 2 is 2.05 bits per heavy atom. The van der Waals surface area contributed by atoms with E-state index in [0.717, 1.165) is 10.6 Å². The van der Waals surface area contributed by atoms with Crippen LogP contribution in [-0.4, -0.2) is 19.3 Å². The number of benzene rings is 2. The van der Waals surface area contributed by atoms with Crippen molar-refractivity contribution in [2.24, 2.45) is 0 Å². The second-order valence-corrected chi connectivity index (χ2v) is 5.32. The number of methoxy groups -OCH3 is 1. The fraction of sp³-hybridized carbons (Fsp3) is 0.133. The van der Waals surface area contributed by atoms with Gasteiger partial charge in [-0.05, 0) is 42.7 Å². The molecule has 0 aliphatic carbocycles. The Hall–Kier alpha value is -1.65. The molecule has 0 bridgehead atoms. The van der Waals surface area contributed by atoms with Crippen molar-refractivity contribution in [1.82, 2.24) is 0 Å². The Kier molecular flexibility index (Phi) is 4.93. The molecule has 1 amide bonds. The van der Waals surface area contributed by atoms with E-state index in [0.29, 0.717) is 16.3 Å². The van der Waals surface area contributed by atoms with Gasteiger partial charge in [-0.3, -0.25) is 4.79 Å². The molecule has 5 heteroatoms. The van der Waals surface area contributed by atoms with Crippen LogP contribution in [0.5, 0.6) is 5.75 Å². The molecule has 0 fully saturated rings. The second-order valence-electron chi connectivity index (χ2n) is 4.04. The number of carbonyl (C=O) groups excluding carboxylic acids is 1. The molecular formula is C15H14ClNO2S. The van der Waals surface area contributed by atoms with Crippen molar-refractivity contribution in [1.29, 1.82) is 0 Å². The maximum Gasteiger partial charge on any atom is 0.255 e. The zero-order chi connectivity index (χ0) is 14.5. The zero-order valence-corrected chi connectivity index (χ0v) is 12.7. The predicted molar refractivity (Wildman–Crippen MR) is 84.2 cm³/mol. The number of halogens is 1.